The first-order valence-electron chi connectivity index (χ1n) is 19.1. The maximum Gasteiger partial charge on any atom is 0.305 e. The molecule has 0 aromatic heterocycles. The van der Waals surface area contributed by atoms with Crippen LogP contribution in [-0.4, -0.2) is 36.4 Å². The summed E-state index contributed by atoms with van der Waals surface area (Å²) in [7, 11) is 0. The molecule has 0 spiro atoms. The van der Waals surface area contributed by atoms with E-state index in [1.807, 2.05) is 0 Å². The van der Waals surface area contributed by atoms with Crippen LogP contribution in [0.5, 0.6) is 0 Å². The van der Waals surface area contributed by atoms with Crippen LogP contribution in [-0.2, 0) is 19.1 Å². The summed E-state index contributed by atoms with van der Waals surface area (Å²) in [6.07, 6.45) is 37.3. The molecular weight excluding hydrogens is 536 g/mol. The monoisotopic (exact) mass is 611 g/mol. The summed E-state index contributed by atoms with van der Waals surface area (Å²) < 4.78 is 10.3. The Morgan fingerprint density at radius 1 is 0.395 bits per heavy atom. The lowest BCUT2D eigenvalue weighted by molar-refractivity contribution is -0.152. The second kappa shape index (κ2) is 35.4. The molecule has 0 heterocycles. The molecule has 0 aromatic carbocycles. The Hall–Kier alpha value is -1.10. The van der Waals surface area contributed by atoms with Crippen LogP contribution in [0.15, 0.2) is 0 Å². The lowest BCUT2D eigenvalue weighted by atomic mass is 10.0. The van der Waals surface area contributed by atoms with Crippen molar-refractivity contribution in [1.82, 2.24) is 0 Å². The normalized spacial score (nSPS) is 12.0. The van der Waals surface area contributed by atoms with Gasteiger partial charge in [-0.25, -0.2) is 0 Å². The Morgan fingerprint density at radius 2 is 0.605 bits per heavy atom. The van der Waals surface area contributed by atoms with Gasteiger partial charge in [0.15, 0.2) is 0 Å². The standard InChI is InChI=1S/C38H74O5/c1-3-5-7-9-11-13-15-16-17-18-19-20-21-23-25-27-29-31-33-38(41)43-35-36(39)34-42-37(40)32-30-28-26-24-22-14-12-10-8-6-4-2/h36,39H,3-35H2,1-2H3/t36-/m1/s1. The summed E-state index contributed by atoms with van der Waals surface area (Å²) in [6.45, 7) is 4.31. The highest BCUT2D eigenvalue weighted by molar-refractivity contribution is 5.69. The smallest absolute Gasteiger partial charge is 0.305 e. The van der Waals surface area contributed by atoms with Crippen molar-refractivity contribution in [2.75, 3.05) is 13.2 Å². The van der Waals surface area contributed by atoms with E-state index in [4.69, 9.17) is 9.47 Å². The molecule has 0 fully saturated rings. The Labute approximate surface area is 268 Å². The second-order valence-electron chi connectivity index (χ2n) is 13.1. The summed E-state index contributed by atoms with van der Waals surface area (Å²) in [5.41, 5.74) is 0. The van der Waals surface area contributed by atoms with Crippen LogP contribution >= 0.6 is 0 Å². The first-order chi connectivity index (χ1) is 21.1. The molecule has 5 nitrogen and oxygen atoms in total. The molecule has 0 saturated heterocycles. The topological polar surface area (TPSA) is 72.8 Å². The van der Waals surface area contributed by atoms with Gasteiger partial charge < -0.3 is 14.6 Å². The quantitative estimate of drug-likeness (QED) is 0.0571. The summed E-state index contributed by atoms with van der Waals surface area (Å²) in [5, 5.41) is 9.98. The number of rotatable bonds is 35. The Morgan fingerprint density at radius 3 is 0.837 bits per heavy atom. The number of hydrogen-bond acceptors (Lipinski definition) is 5. The van der Waals surface area contributed by atoms with Crippen LogP contribution in [0.2, 0.25) is 0 Å². The SMILES string of the molecule is CCCCCCCCCCCCCCCCCCCCC(=O)OC[C@H](O)COC(=O)CCCCCCCCCCCCC. The van der Waals surface area contributed by atoms with Gasteiger partial charge in [0.05, 0.1) is 0 Å². The van der Waals surface area contributed by atoms with Crippen molar-refractivity contribution in [3.8, 4) is 0 Å². The molecular formula is C38H74O5. The molecule has 0 radical (unpaired) electrons. The van der Waals surface area contributed by atoms with Crippen molar-refractivity contribution in [2.24, 2.45) is 0 Å². The third kappa shape index (κ3) is 35.3. The fourth-order valence-corrected chi connectivity index (χ4v) is 5.68. The Balaban J connectivity index is 3.36. The van der Waals surface area contributed by atoms with E-state index in [0.717, 1.165) is 25.7 Å². The number of unbranched alkanes of at least 4 members (excludes halogenated alkanes) is 27. The average Bonchev–Trinajstić information content (AvgIpc) is 3.01. The molecule has 5 heteroatoms. The zero-order valence-electron chi connectivity index (χ0n) is 29.0. The Kier molecular flexibility index (Phi) is 34.5. The van der Waals surface area contributed by atoms with E-state index < -0.39 is 6.10 Å². The van der Waals surface area contributed by atoms with E-state index in [0.29, 0.717) is 12.8 Å². The molecule has 0 saturated carbocycles. The number of aliphatic hydroxyl groups is 1. The number of aliphatic hydroxyl groups excluding tert-OH is 1. The van der Waals surface area contributed by atoms with Crippen molar-refractivity contribution in [3.63, 3.8) is 0 Å². The molecule has 43 heavy (non-hydrogen) atoms. The molecule has 0 aliphatic heterocycles. The molecule has 0 unspecified atom stereocenters. The largest absolute Gasteiger partial charge is 0.463 e. The van der Waals surface area contributed by atoms with E-state index in [2.05, 4.69) is 13.8 Å². The van der Waals surface area contributed by atoms with Crippen LogP contribution in [0.1, 0.15) is 213 Å². The van der Waals surface area contributed by atoms with Gasteiger partial charge in [-0.1, -0.05) is 187 Å². The number of carbonyl (C=O) groups is 2. The van der Waals surface area contributed by atoms with Crippen LogP contribution in [0, 0.1) is 0 Å². The molecule has 0 aromatic rings. The first-order valence-corrected chi connectivity index (χ1v) is 19.1. The summed E-state index contributed by atoms with van der Waals surface area (Å²) in [4.78, 5) is 23.8. The van der Waals surface area contributed by atoms with E-state index >= 15 is 0 Å². The molecule has 256 valence electrons. The van der Waals surface area contributed by atoms with Gasteiger partial charge in [0, 0.05) is 12.8 Å². The number of esters is 2. The minimum absolute atomic E-state index is 0.108. The van der Waals surface area contributed by atoms with Gasteiger partial charge in [-0.05, 0) is 12.8 Å². The fraction of sp³-hybridized carbons (Fsp3) is 0.947. The molecule has 1 N–H and O–H groups in total. The average molecular weight is 611 g/mol. The highest BCUT2D eigenvalue weighted by Crippen LogP contribution is 2.15. The predicted octanol–water partition coefficient (Wildman–Crippen LogP) is 11.6. The van der Waals surface area contributed by atoms with Gasteiger partial charge in [0.25, 0.3) is 0 Å². The minimum atomic E-state index is -0.953. The van der Waals surface area contributed by atoms with Gasteiger partial charge in [-0.2, -0.15) is 0 Å². The van der Waals surface area contributed by atoms with Crippen LogP contribution < -0.4 is 0 Å². The van der Waals surface area contributed by atoms with Gasteiger partial charge in [-0.3, -0.25) is 9.59 Å². The zero-order chi connectivity index (χ0) is 31.5. The summed E-state index contributed by atoms with van der Waals surface area (Å²) in [5.74, 6) is -0.553. The van der Waals surface area contributed by atoms with Gasteiger partial charge >= 0.3 is 11.9 Å². The Bertz CT molecular complexity index is 579. The highest BCUT2D eigenvalue weighted by Gasteiger charge is 2.12. The van der Waals surface area contributed by atoms with Crippen molar-refractivity contribution in [2.45, 2.75) is 219 Å². The van der Waals surface area contributed by atoms with Crippen molar-refractivity contribution < 1.29 is 24.2 Å². The molecule has 0 bridgehead atoms. The minimum Gasteiger partial charge on any atom is -0.463 e. The maximum atomic E-state index is 11.9. The van der Waals surface area contributed by atoms with E-state index in [9.17, 15) is 14.7 Å². The van der Waals surface area contributed by atoms with Crippen LogP contribution in [0.4, 0.5) is 0 Å². The molecule has 0 rings (SSSR count). The maximum absolute atomic E-state index is 11.9. The van der Waals surface area contributed by atoms with Crippen LogP contribution in [0.25, 0.3) is 0 Å². The number of carbonyl (C=O) groups excluding carboxylic acids is 2. The lowest BCUT2D eigenvalue weighted by Crippen LogP contribution is -2.25. The zero-order valence-corrected chi connectivity index (χ0v) is 29.0. The molecule has 0 amide bonds. The summed E-state index contributed by atoms with van der Waals surface area (Å²) >= 11 is 0. The first kappa shape index (κ1) is 41.9. The number of ether oxygens (including phenoxy) is 2. The van der Waals surface area contributed by atoms with Crippen molar-refractivity contribution >= 4 is 11.9 Å². The fourth-order valence-electron chi connectivity index (χ4n) is 5.68. The number of hydrogen-bond donors (Lipinski definition) is 1. The van der Waals surface area contributed by atoms with E-state index in [1.165, 1.54) is 161 Å². The molecule has 1 atom stereocenters. The molecule has 0 aliphatic carbocycles. The third-order valence-corrected chi connectivity index (χ3v) is 8.59. The third-order valence-electron chi connectivity index (χ3n) is 8.59. The van der Waals surface area contributed by atoms with Crippen LogP contribution in [0.3, 0.4) is 0 Å². The lowest BCUT2D eigenvalue weighted by Gasteiger charge is -2.12. The second-order valence-corrected chi connectivity index (χ2v) is 13.1. The highest BCUT2D eigenvalue weighted by atomic mass is 16.6. The van der Waals surface area contributed by atoms with Gasteiger partial charge in [0.1, 0.15) is 19.3 Å². The van der Waals surface area contributed by atoms with Crippen molar-refractivity contribution in [1.29, 1.82) is 0 Å². The summed E-state index contributed by atoms with van der Waals surface area (Å²) in [6, 6.07) is 0. The molecule has 0 aliphatic rings. The van der Waals surface area contributed by atoms with E-state index in [-0.39, 0.29) is 25.2 Å². The van der Waals surface area contributed by atoms with E-state index in [1.54, 1.807) is 0 Å². The van der Waals surface area contributed by atoms with Crippen molar-refractivity contribution in [3.05, 3.63) is 0 Å². The van der Waals surface area contributed by atoms with Gasteiger partial charge in [-0.15, -0.1) is 0 Å². The predicted molar refractivity (Wildman–Crippen MR) is 182 cm³/mol. The van der Waals surface area contributed by atoms with Gasteiger partial charge in [0.2, 0.25) is 0 Å².